The van der Waals surface area contributed by atoms with E-state index >= 15 is 0 Å². The smallest absolute Gasteiger partial charge is 0.0619 e. The molecule has 0 radical (unpaired) electrons. The fraction of sp³-hybridized carbons (Fsp3) is 0.0938. The molecular weight excluding hydrogens is 797 g/mol. The van der Waals surface area contributed by atoms with E-state index in [1.165, 1.54) is 87.6 Å². The molecule has 66 heavy (non-hydrogen) atoms. The predicted molar refractivity (Wildman–Crippen MR) is 281 cm³/mol. The third-order valence-corrected chi connectivity index (χ3v) is 15.0. The molecule has 0 spiro atoms. The van der Waals surface area contributed by atoms with E-state index in [2.05, 4.69) is 256 Å². The van der Waals surface area contributed by atoms with Crippen molar-refractivity contribution in [2.75, 3.05) is 9.80 Å². The summed E-state index contributed by atoms with van der Waals surface area (Å²) in [5.74, 6) is 0. The molecule has 0 heterocycles. The van der Waals surface area contributed by atoms with Crippen LogP contribution in [0.25, 0.3) is 65.3 Å². The lowest BCUT2D eigenvalue weighted by molar-refractivity contribution is 0.660. The Morgan fingerprint density at radius 3 is 0.970 bits per heavy atom. The minimum atomic E-state index is -0.0963. The van der Waals surface area contributed by atoms with Gasteiger partial charge in [0.15, 0.2) is 0 Å². The molecule has 0 saturated heterocycles. The molecule has 0 fully saturated rings. The van der Waals surface area contributed by atoms with Gasteiger partial charge in [0.1, 0.15) is 0 Å². The van der Waals surface area contributed by atoms with Gasteiger partial charge in [-0.05, 0) is 115 Å². The average molecular weight is 845 g/mol. The molecular formula is C64H48N2. The quantitative estimate of drug-likeness (QED) is 0.122. The third kappa shape index (κ3) is 5.61. The summed E-state index contributed by atoms with van der Waals surface area (Å²) in [7, 11) is 0. The van der Waals surface area contributed by atoms with E-state index in [9.17, 15) is 0 Å². The van der Waals surface area contributed by atoms with Gasteiger partial charge in [-0.3, -0.25) is 0 Å². The Bertz CT molecular complexity index is 3490. The van der Waals surface area contributed by atoms with E-state index in [0.717, 1.165) is 34.1 Å². The largest absolute Gasteiger partial charge is 0.309 e. The first-order valence-corrected chi connectivity index (χ1v) is 23.3. The van der Waals surface area contributed by atoms with Crippen molar-refractivity contribution >= 4 is 77.2 Å². The van der Waals surface area contributed by atoms with Crippen molar-refractivity contribution in [2.45, 2.75) is 38.5 Å². The fourth-order valence-corrected chi connectivity index (χ4v) is 11.7. The second kappa shape index (κ2) is 14.3. The van der Waals surface area contributed by atoms with Crippen LogP contribution in [-0.2, 0) is 10.8 Å². The maximum Gasteiger partial charge on any atom is 0.0619 e. The van der Waals surface area contributed by atoms with Crippen molar-refractivity contribution in [3.63, 3.8) is 0 Å². The number of benzene rings is 11. The molecule has 0 bridgehead atoms. The summed E-state index contributed by atoms with van der Waals surface area (Å²) >= 11 is 0. The second-order valence-corrected chi connectivity index (χ2v) is 19.3. The number of fused-ring (bicyclic) bond motifs is 10. The molecule has 314 valence electrons. The summed E-state index contributed by atoms with van der Waals surface area (Å²) in [6.45, 7) is 9.44. The molecule has 13 rings (SSSR count). The molecule has 2 nitrogen and oxygen atoms in total. The highest BCUT2D eigenvalue weighted by atomic mass is 15.2. The Labute approximate surface area is 386 Å². The van der Waals surface area contributed by atoms with Crippen LogP contribution in [0.3, 0.4) is 0 Å². The molecule has 2 aliphatic rings. The van der Waals surface area contributed by atoms with Crippen LogP contribution in [0.15, 0.2) is 218 Å². The highest BCUT2D eigenvalue weighted by Crippen LogP contribution is 2.56. The number of anilines is 6. The predicted octanol–water partition coefficient (Wildman–Crippen LogP) is 17.9. The van der Waals surface area contributed by atoms with E-state index in [-0.39, 0.29) is 10.8 Å². The Balaban J connectivity index is 1.11. The molecule has 0 saturated carbocycles. The van der Waals surface area contributed by atoms with Gasteiger partial charge in [0.05, 0.1) is 11.4 Å². The summed E-state index contributed by atoms with van der Waals surface area (Å²) in [4.78, 5) is 5.06. The van der Waals surface area contributed by atoms with Gasteiger partial charge < -0.3 is 9.80 Å². The number of nitrogens with zero attached hydrogens (tertiary/aromatic N) is 2. The van der Waals surface area contributed by atoms with Crippen molar-refractivity contribution in [3.05, 3.63) is 241 Å². The van der Waals surface area contributed by atoms with E-state index < -0.39 is 0 Å². The number of hydrogen-bond acceptors (Lipinski definition) is 2. The zero-order valence-electron chi connectivity index (χ0n) is 37.7. The Hall–Kier alpha value is -7.94. The topological polar surface area (TPSA) is 6.48 Å². The van der Waals surface area contributed by atoms with Gasteiger partial charge in [-0.2, -0.15) is 0 Å². The van der Waals surface area contributed by atoms with Gasteiger partial charge in [0.2, 0.25) is 0 Å². The van der Waals surface area contributed by atoms with Crippen LogP contribution in [0.1, 0.15) is 49.9 Å². The molecule has 0 aliphatic heterocycles. The molecule has 11 aromatic rings. The number of hydrogen-bond donors (Lipinski definition) is 0. The summed E-state index contributed by atoms with van der Waals surface area (Å²) in [5.41, 5.74) is 17.3. The normalized spacial score (nSPS) is 14.0. The van der Waals surface area contributed by atoms with Crippen LogP contribution >= 0.6 is 0 Å². The van der Waals surface area contributed by atoms with E-state index in [0.29, 0.717) is 0 Å². The first-order chi connectivity index (χ1) is 32.3. The second-order valence-electron chi connectivity index (χ2n) is 19.3. The third-order valence-electron chi connectivity index (χ3n) is 15.0. The van der Waals surface area contributed by atoms with Gasteiger partial charge in [-0.1, -0.05) is 198 Å². The monoisotopic (exact) mass is 844 g/mol. The van der Waals surface area contributed by atoms with Crippen LogP contribution in [0.4, 0.5) is 34.1 Å². The summed E-state index contributed by atoms with van der Waals surface area (Å²) in [5, 5.41) is 9.59. The molecule has 0 aromatic heterocycles. The zero-order valence-corrected chi connectivity index (χ0v) is 37.7. The molecule has 2 heteroatoms. The van der Waals surface area contributed by atoms with E-state index in [1.54, 1.807) is 0 Å². The van der Waals surface area contributed by atoms with Gasteiger partial charge in [0, 0.05) is 55.1 Å². The highest BCUT2D eigenvalue weighted by molar-refractivity contribution is 6.23. The maximum atomic E-state index is 2.53. The van der Waals surface area contributed by atoms with Crippen molar-refractivity contribution in [1.82, 2.24) is 0 Å². The van der Waals surface area contributed by atoms with Crippen LogP contribution in [0.5, 0.6) is 0 Å². The van der Waals surface area contributed by atoms with E-state index in [4.69, 9.17) is 0 Å². The van der Waals surface area contributed by atoms with Crippen molar-refractivity contribution in [2.24, 2.45) is 0 Å². The van der Waals surface area contributed by atoms with Crippen LogP contribution in [-0.4, -0.2) is 0 Å². The van der Waals surface area contributed by atoms with Crippen LogP contribution in [0, 0.1) is 0 Å². The first-order valence-electron chi connectivity index (χ1n) is 23.3. The maximum absolute atomic E-state index is 2.53. The standard InChI is InChI=1S/C64H48N2/c1-63(2)57-27-15-13-21-49(57)55-39-47(33-35-59(55)63)65(45-31-29-41-17-5-7-19-43(41)37-45)61-51-23-9-11-25-53(51)62(54-26-12-10-24-52(54)61)66(46-32-30-42-18-6-8-20-44(42)38-46)48-34-36-60-56(40-48)50-22-14-16-28-58(50)64(60,3)4/h5-40H,1-4H3. The van der Waals surface area contributed by atoms with Crippen molar-refractivity contribution in [1.29, 1.82) is 0 Å². The summed E-state index contributed by atoms with van der Waals surface area (Å²) in [6, 6.07) is 81.7. The minimum absolute atomic E-state index is 0.0963. The molecule has 0 N–H and O–H groups in total. The van der Waals surface area contributed by atoms with Crippen LogP contribution < -0.4 is 9.80 Å². The Kier molecular flexibility index (Phi) is 8.33. The summed E-state index contributed by atoms with van der Waals surface area (Å²) < 4.78 is 0. The lowest BCUT2D eigenvalue weighted by Gasteiger charge is -2.33. The van der Waals surface area contributed by atoms with E-state index in [1.807, 2.05) is 0 Å². The molecule has 0 atom stereocenters. The SMILES string of the molecule is CC1(C)c2ccccc2-c2cc(N(c3ccc4ccccc4c3)c3c4ccccc4c(N(c4ccc5c(c4)-c4ccccc4C5(C)C)c4ccc5ccccc5c4)c4ccccc34)ccc21. The lowest BCUT2D eigenvalue weighted by atomic mass is 9.82. The Morgan fingerprint density at radius 1 is 0.258 bits per heavy atom. The minimum Gasteiger partial charge on any atom is -0.309 e. The lowest BCUT2D eigenvalue weighted by Crippen LogP contribution is -2.16. The van der Waals surface area contributed by atoms with Gasteiger partial charge in [-0.25, -0.2) is 0 Å². The van der Waals surface area contributed by atoms with Crippen molar-refractivity contribution in [3.8, 4) is 22.3 Å². The fourth-order valence-electron chi connectivity index (χ4n) is 11.7. The molecule has 11 aromatic carbocycles. The van der Waals surface area contributed by atoms with Crippen LogP contribution in [0.2, 0.25) is 0 Å². The zero-order chi connectivity index (χ0) is 44.3. The first kappa shape index (κ1) is 38.5. The molecule has 2 aliphatic carbocycles. The van der Waals surface area contributed by atoms with Gasteiger partial charge >= 0.3 is 0 Å². The van der Waals surface area contributed by atoms with Gasteiger partial charge in [-0.15, -0.1) is 0 Å². The molecule has 0 amide bonds. The Morgan fingerprint density at radius 2 is 0.561 bits per heavy atom. The summed E-state index contributed by atoms with van der Waals surface area (Å²) in [6.07, 6.45) is 0. The average Bonchev–Trinajstić information content (AvgIpc) is 3.73. The molecule has 0 unspecified atom stereocenters. The number of rotatable bonds is 6. The highest BCUT2D eigenvalue weighted by Gasteiger charge is 2.37. The van der Waals surface area contributed by atoms with Crippen molar-refractivity contribution < 1.29 is 0 Å². The van der Waals surface area contributed by atoms with Gasteiger partial charge in [0.25, 0.3) is 0 Å².